The fourth-order valence-corrected chi connectivity index (χ4v) is 2.91. The van der Waals surface area contributed by atoms with Crippen LogP contribution in [0.5, 0.6) is 5.75 Å². The van der Waals surface area contributed by atoms with Crippen LogP contribution in [-0.2, 0) is 5.41 Å². The summed E-state index contributed by atoms with van der Waals surface area (Å²) in [4.78, 5) is 0. The van der Waals surface area contributed by atoms with Gasteiger partial charge in [-0.1, -0.05) is 18.2 Å². The van der Waals surface area contributed by atoms with Crippen molar-refractivity contribution in [3.8, 4) is 5.75 Å². The van der Waals surface area contributed by atoms with Crippen LogP contribution in [0.15, 0.2) is 24.3 Å². The van der Waals surface area contributed by atoms with Crippen LogP contribution in [-0.4, -0.2) is 19.7 Å². The van der Waals surface area contributed by atoms with Crippen molar-refractivity contribution in [3.63, 3.8) is 0 Å². The molecule has 2 aliphatic heterocycles. The zero-order chi connectivity index (χ0) is 9.60. The lowest BCUT2D eigenvalue weighted by atomic mass is 9.65. The minimum atomic E-state index is 0.386. The maximum absolute atomic E-state index is 5.42. The van der Waals surface area contributed by atoms with Crippen molar-refractivity contribution < 1.29 is 4.74 Å². The Morgan fingerprint density at radius 3 is 2.79 bits per heavy atom. The second-order valence-electron chi connectivity index (χ2n) is 4.47. The van der Waals surface area contributed by atoms with E-state index in [1.165, 1.54) is 18.4 Å². The third-order valence-corrected chi connectivity index (χ3v) is 3.68. The number of rotatable bonds is 2. The predicted molar refractivity (Wildman–Crippen MR) is 55.7 cm³/mol. The lowest BCUT2D eigenvalue weighted by molar-refractivity contribution is 0.291. The number of nitrogens with one attached hydrogen (secondary N) is 1. The van der Waals surface area contributed by atoms with Gasteiger partial charge < -0.3 is 10.1 Å². The molecule has 1 aromatic carbocycles. The molecular weight excluding hydrogens is 174 g/mol. The lowest BCUT2D eigenvalue weighted by Gasteiger charge is -2.38. The SMILES string of the molecule is COc1ccccc1C12CNC(C1)C2. The highest BCUT2D eigenvalue weighted by Gasteiger charge is 2.52. The Kier molecular flexibility index (Phi) is 1.62. The van der Waals surface area contributed by atoms with Crippen LogP contribution in [0.4, 0.5) is 0 Å². The first-order valence-electron chi connectivity index (χ1n) is 5.21. The van der Waals surface area contributed by atoms with Gasteiger partial charge in [-0.15, -0.1) is 0 Å². The molecule has 2 saturated heterocycles. The Labute approximate surface area is 84.3 Å². The average Bonchev–Trinajstić information content (AvgIpc) is 2.76. The van der Waals surface area contributed by atoms with Gasteiger partial charge in [0.1, 0.15) is 5.75 Å². The van der Waals surface area contributed by atoms with Crippen molar-refractivity contribution in [3.05, 3.63) is 29.8 Å². The lowest BCUT2D eigenvalue weighted by Crippen LogP contribution is -2.37. The second kappa shape index (κ2) is 2.74. The van der Waals surface area contributed by atoms with Crippen LogP contribution in [0.2, 0.25) is 0 Å². The second-order valence-corrected chi connectivity index (χ2v) is 4.47. The molecule has 0 atom stereocenters. The molecule has 0 aromatic heterocycles. The molecule has 3 fully saturated rings. The number of para-hydroxylation sites is 1. The standard InChI is InChI=1S/C12H15NO/c1-14-11-5-3-2-4-10(11)12-6-9(7-12)13-8-12/h2-5,9,13H,6-8H2,1H3. The summed E-state index contributed by atoms with van der Waals surface area (Å²) < 4.78 is 5.42. The highest BCUT2D eigenvalue weighted by Crippen LogP contribution is 2.50. The van der Waals surface area contributed by atoms with Gasteiger partial charge in [-0.3, -0.25) is 0 Å². The van der Waals surface area contributed by atoms with Crippen molar-refractivity contribution in [1.82, 2.24) is 5.32 Å². The van der Waals surface area contributed by atoms with E-state index in [9.17, 15) is 0 Å². The molecule has 0 spiro atoms. The molecule has 3 aliphatic rings. The summed E-state index contributed by atoms with van der Waals surface area (Å²) in [6, 6.07) is 9.19. The number of hydrogen-bond donors (Lipinski definition) is 1. The third-order valence-electron chi connectivity index (χ3n) is 3.68. The van der Waals surface area contributed by atoms with Gasteiger partial charge in [0.2, 0.25) is 0 Å². The van der Waals surface area contributed by atoms with E-state index >= 15 is 0 Å². The van der Waals surface area contributed by atoms with Crippen LogP contribution in [0, 0.1) is 0 Å². The first-order chi connectivity index (χ1) is 6.84. The summed E-state index contributed by atoms with van der Waals surface area (Å²) in [5.41, 5.74) is 1.78. The molecule has 0 unspecified atom stereocenters. The average molecular weight is 189 g/mol. The van der Waals surface area contributed by atoms with E-state index in [0.717, 1.165) is 18.3 Å². The molecule has 4 rings (SSSR count). The molecule has 1 saturated carbocycles. The predicted octanol–water partition coefficient (Wildman–Crippen LogP) is 1.70. The van der Waals surface area contributed by atoms with Crippen LogP contribution in [0.25, 0.3) is 0 Å². The summed E-state index contributed by atoms with van der Waals surface area (Å²) in [6.07, 6.45) is 2.57. The monoisotopic (exact) mass is 189 g/mol. The molecule has 1 aliphatic carbocycles. The molecule has 74 valence electrons. The number of fused-ring (bicyclic) bond motifs is 1. The van der Waals surface area contributed by atoms with E-state index in [1.807, 2.05) is 6.07 Å². The first kappa shape index (κ1) is 8.30. The molecule has 0 amide bonds. The van der Waals surface area contributed by atoms with Crippen LogP contribution in [0.3, 0.4) is 0 Å². The van der Waals surface area contributed by atoms with Crippen LogP contribution < -0.4 is 10.1 Å². The van der Waals surface area contributed by atoms with Gasteiger partial charge in [0, 0.05) is 23.6 Å². The molecule has 1 N–H and O–H groups in total. The molecule has 14 heavy (non-hydrogen) atoms. The maximum Gasteiger partial charge on any atom is 0.122 e. The highest BCUT2D eigenvalue weighted by molar-refractivity contribution is 5.44. The first-order valence-corrected chi connectivity index (χ1v) is 5.21. The quantitative estimate of drug-likeness (QED) is 0.764. The highest BCUT2D eigenvalue weighted by atomic mass is 16.5. The van der Waals surface area contributed by atoms with Crippen molar-refractivity contribution in [2.45, 2.75) is 24.3 Å². The Balaban J connectivity index is 2.03. The van der Waals surface area contributed by atoms with Crippen molar-refractivity contribution in [2.75, 3.05) is 13.7 Å². The fraction of sp³-hybridized carbons (Fsp3) is 0.500. The smallest absolute Gasteiger partial charge is 0.122 e. The van der Waals surface area contributed by atoms with Crippen molar-refractivity contribution >= 4 is 0 Å². The number of ether oxygens (including phenoxy) is 1. The molecule has 2 heteroatoms. The zero-order valence-electron chi connectivity index (χ0n) is 8.42. The largest absolute Gasteiger partial charge is 0.496 e. The number of hydrogen-bond acceptors (Lipinski definition) is 2. The third kappa shape index (κ3) is 0.947. The Bertz CT molecular complexity index is 350. The molecular formula is C12H15NO. The summed E-state index contributed by atoms with van der Waals surface area (Å²) >= 11 is 0. The van der Waals surface area contributed by atoms with Gasteiger partial charge in [0.15, 0.2) is 0 Å². The van der Waals surface area contributed by atoms with E-state index in [2.05, 4.69) is 23.5 Å². The number of methoxy groups -OCH3 is 1. The van der Waals surface area contributed by atoms with Crippen LogP contribution >= 0.6 is 0 Å². The van der Waals surface area contributed by atoms with E-state index < -0.39 is 0 Å². The summed E-state index contributed by atoms with van der Waals surface area (Å²) in [7, 11) is 1.76. The Morgan fingerprint density at radius 2 is 2.14 bits per heavy atom. The van der Waals surface area contributed by atoms with E-state index in [-0.39, 0.29) is 0 Å². The van der Waals surface area contributed by atoms with Crippen molar-refractivity contribution in [1.29, 1.82) is 0 Å². The molecule has 1 aromatic rings. The minimum absolute atomic E-state index is 0.386. The minimum Gasteiger partial charge on any atom is -0.496 e. The zero-order valence-corrected chi connectivity index (χ0v) is 8.42. The Hall–Kier alpha value is -1.02. The van der Waals surface area contributed by atoms with E-state index in [4.69, 9.17) is 4.74 Å². The Morgan fingerprint density at radius 1 is 1.36 bits per heavy atom. The molecule has 0 radical (unpaired) electrons. The van der Waals surface area contributed by atoms with Gasteiger partial charge in [0.05, 0.1) is 7.11 Å². The van der Waals surface area contributed by atoms with Crippen molar-refractivity contribution in [2.24, 2.45) is 0 Å². The van der Waals surface area contributed by atoms with Gasteiger partial charge in [-0.05, 0) is 18.9 Å². The van der Waals surface area contributed by atoms with Gasteiger partial charge in [-0.25, -0.2) is 0 Å². The van der Waals surface area contributed by atoms with Crippen LogP contribution in [0.1, 0.15) is 18.4 Å². The fourth-order valence-electron chi connectivity index (χ4n) is 2.91. The normalized spacial score (nSPS) is 33.9. The summed E-state index contributed by atoms with van der Waals surface area (Å²) in [6.45, 7) is 1.12. The summed E-state index contributed by atoms with van der Waals surface area (Å²) in [5.74, 6) is 1.05. The number of benzene rings is 1. The van der Waals surface area contributed by atoms with Gasteiger partial charge in [0.25, 0.3) is 0 Å². The topological polar surface area (TPSA) is 21.3 Å². The summed E-state index contributed by atoms with van der Waals surface area (Å²) in [5, 5.41) is 3.53. The van der Waals surface area contributed by atoms with E-state index in [1.54, 1.807) is 7.11 Å². The maximum atomic E-state index is 5.42. The van der Waals surface area contributed by atoms with Gasteiger partial charge in [-0.2, -0.15) is 0 Å². The molecule has 2 heterocycles. The van der Waals surface area contributed by atoms with E-state index in [0.29, 0.717) is 5.41 Å². The molecule has 2 bridgehead atoms. The molecule has 2 nitrogen and oxygen atoms in total. The van der Waals surface area contributed by atoms with Gasteiger partial charge >= 0.3 is 0 Å².